The molecule has 0 bridgehead atoms. The predicted octanol–water partition coefficient (Wildman–Crippen LogP) is 10.6. The van der Waals surface area contributed by atoms with E-state index in [2.05, 4.69) is 13.8 Å². The number of ether oxygens (including phenoxy) is 1. The zero-order chi connectivity index (χ0) is 31.5. The molecule has 3 aromatic carbocycles. The molecule has 1 unspecified atom stereocenters. The number of halogens is 8. The fraction of sp³-hybridized carbons (Fsp3) is 0.364. The summed E-state index contributed by atoms with van der Waals surface area (Å²) in [6.07, 6.45) is 1.23. The van der Waals surface area contributed by atoms with Gasteiger partial charge >= 0.3 is 12.1 Å². The van der Waals surface area contributed by atoms with E-state index in [4.69, 9.17) is 4.74 Å². The highest BCUT2D eigenvalue weighted by molar-refractivity contribution is 5.92. The van der Waals surface area contributed by atoms with Gasteiger partial charge in [-0.25, -0.2) is 26.7 Å². The molecule has 1 atom stereocenters. The van der Waals surface area contributed by atoms with Crippen LogP contribution in [0.5, 0.6) is 5.75 Å². The van der Waals surface area contributed by atoms with Crippen LogP contribution in [0.4, 0.5) is 35.1 Å². The van der Waals surface area contributed by atoms with Crippen molar-refractivity contribution < 1.29 is 44.7 Å². The summed E-state index contributed by atoms with van der Waals surface area (Å²) in [7, 11) is 0. The molecule has 4 rings (SSSR count). The first-order valence-electron chi connectivity index (χ1n) is 14.0. The van der Waals surface area contributed by atoms with Crippen LogP contribution in [0.2, 0.25) is 0 Å². The van der Waals surface area contributed by atoms with Crippen molar-refractivity contribution in [3.63, 3.8) is 0 Å². The van der Waals surface area contributed by atoms with Crippen LogP contribution >= 0.6 is 0 Å². The quantitative estimate of drug-likeness (QED) is 0.144. The molecule has 0 aromatic heterocycles. The summed E-state index contributed by atoms with van der Waals surface area (Å²) < 4.78 is 115. The van der Waals surface area contributed by atoms with Gasteiger partial charge in [0.15, 0.2) is 0 Å². The second kappa shape index (κ2) is 13.3. The molecule has 3 aromatic rings. The van der Waals surface area contributed by atoms with Crippen molar-refractivity contribution >= 4 is 12.0 Å². The lowest BCUT2D eigenvalue weighted by Gasteiger charge is -2.32. The molecule has 43 heavy (non-hydrogen) atoms. The Kier molecular flexibility index (Phi) is 9.97. The van der Waals surface area contributed by atoms with Crippen LogP contribution in [0.3, 0.4) is 0 Å². The van der Waals surface area contributed by atoms with Gasteiger partial charge in [0, 0.05) is 29.3 Å². The smallest absolute Gasteiger partial charge is 0.409 e. The first-order chi connectivity index (χ1) is 20.3. The van der Waals surface area contributed by atoms with E-state index in [1.165, 1.54) is 18.6 Å². The fourth-order valence-corrected chi connectivity index (χ4v) is 5.77. The molecule has 0 spiro atoms. The Labute approximate surface area is 244 Å². The fourth-order valence-electron chi connectivity index (χ4n) is 5.77. The van der Waals surface area contributed by atoms with Gasteiger partial charge in [0.25, 0.3) is 0 Å². The van der Waals surface area contributed by atoms with Gasteiger partial charge in [-0.1, -0.05) is 38.8 Å². The van der Waals surface area contributed by atoms with Gasteiger partial charge in [0.1, 0.15) is 40.4 Å². The number of hydrogen-bond acceptors (Lipinski definition) is 2. The maximum atomic E-state index is 15.2. The summed E-state index contributed by atoms with van der Waals surface area (Å²) in [5.74, 6) is -7.51. The van der Waals surface area contributed by atoms with Gasteiger partial charge in [-0.15, -0.1) is 0 Å². The van der Waals surface area contributed by atoms with Gasteiger partial charge in [0.2, 0.25) is 0 Å². The molecule has 0 heterocycles. The van der Waals surface area contributed by atoms with Crippen molar-refractivity contribution in [2.45, 2.75) is 64.5 Å². The number of hydrogen-bond donors (Lipinski definition) is 0. The van der Waals surface area contributed by atoms with Crippen LogP contribution in [0.15, 0.2) is 48.5 Å². The van der Waals surface area contributed by atoms with Crippen molar-refractivity contribution in [2.24, 2.45) is 11.8 Å². The van der Waals surface area contributed by atoms with E-state index in [0.29, 0.717) is 24.0 Å². The van der Waals surface area contributed by atoms with E-state index in [-0.39, 0.29) is 29.2 Å². The average molecular weight is 611 g/mol. The lowest BCUT2D eigenvalue weighted by atomic mass is 9.73. The van der Waals surface area contributed by atoms with Crippen LogP contribution in [-0.2, 0) is 0 Å². The van der Waals surface area contributed by atoms with Crippen molar-refractivity contribution in [3.8, 4) is 16.9 Å². The molecule has 0 radical (unpaired) electrons. The van der Waals surface area contributed by atoms with Crippen molar-refractivity contribution in [3.05, 3.63) is 94.3 Å². The predicted molar refractivity (Wildman–Crippen MR) is 147 cm³/mol. The van der Waals surface area contributed by atoms with E-state index in [1.807, 2.05) is 0 Å². The van der Waals surface area contributed by atoms with Gasteiger partial charge in [-0.2, -0.15) is 13.2 Å². The van der Waals surface area contributed by atoms with Gasteiger partial charge in [-0.05, 0) is 78.8 Å². The number of esters is 1. The summed E-state index contributed by atoms with van der Waals surface area (Å²) in [6.45, 7) is 4.44. The number of allylic oxidation sites excluding steroid dienone is 1. The van der Waals surface area contributed by atoms with E-state index in [9.17, 15) is 35.5 Å². The number of rotatable bonds is 8. The zero-order valence-electron chi connectivity index (χ0n) is 23.5. The third kappa shape index (κ3) is 7.83. The summed E-state index contributed by atoms with van der Waals surface area (Å²) >= 11 is 0. The van der Waals surface area contributed by atoms with E-state index < -0.39 is 58.1 Å². The second-order valence-electron chi connectivity index (χ2n) is 11.0. The van der Waals surface area contributed by atoms with Crippen molar-refractivity contribution in [1.29, 1.82) is 0 Å². The molecule has 0 saturated heterocycles. The maximum Gasteiger partial charge on any atom is 0.409 e. The Morgan fingerprint density at radius 1 is 0.884 bits per heavy atom. The average Bonchev–Trinajstić information content (AvgIpc) is 2.91. The van der Waals surface area contributed by atoms with Gasteiger partial charge < -0.3 is 4.74 Å². The molecule has 0 N–H and O–H groups in total. The lowest BCUT2D eigenvalue weighted by Crippen LogP contribution is -2.19. The molecule has 1 aliphatic rings. The Morgan fingerprint density at radius 2 is 1.49 bits per heavy atom. The Balaban J connectivity index is 1.49. The Bertz CT molecular complexity index is 1460. The Morgan fingerprint density at radius 3 is 2.02 bits per heavy atom. The number of carbonyl (C=O) groups excluding carboxylic acids is 1. The van der Waals surface area contributed by atoms with Gasteiger partial charge in [-0.3, -0.25) is 0 Å². The molecule has 1 fully saturated rings. The molecule has 1 saturated carbocycles. The minimum atomic E-state index is -4.83. The van der Waals surface area contributed by atoms with E-state index in [1.54, 1.807) is 6.07 Å². The Hall–Kier alpha value is -3.69. The summed E-state index contributed by atoms with van der Waals surface area (Å²) in [5.41, 5.74) is -1.70. The largest absolute Gasteiger partial charge is 0.423 e. The summed E-state index contributed by atoms with van der Waals surface area (Å²) in [4.78, 5) is 12.5. The molecular formula is C33H30F8O2. The first-order valence-corrected chi connectivity index (χ1v) is 14.0. The normalized spacial score (nSPS) is 18.2. The highest BCUT2D eigenvalue weighted by atomic mass is 19.4. The maximum absolute atomic E-state index is 15.2. The number of carbonyl (C=O) groups is 1. The van der Waals surface area contributed by atoms with Gasteiger partial charge in [0.05, 0.1) is 0 Å². The summed E-state index contributed by atoms with van der Waals surface area (Å²) in [5, 5.41) is 0. The third-order valence-corrected chi connectivity index (χ3v) is 8.04. The first kappa shape index (κ1) is 32.2. The minimum absolute atomic E-state index is 0.0848. The van der Waals surface area contributed by atoms with Crippen LogP contribution < -0.4 is 4.74 Å². The monoisotopic (exact) mass is 610 g/mol. The molecule has 0 amide bonds. The third-order valence-electron chi connectivity index (χ3n) is 8.04. The van der Waals surface area contributed by atoms with E-state index in [0.717, 1.165) is 49.8 Å². The van der Waals surface area contributed by atoms with Crippen molar-refractivity contribution in [1.82, 2.24) is 0 Å². The van der Waals surface area contributed by atoms with Crippen LogP contribution in [0, 0.1) is 40.9 Å². The minimum Gasteiger partial charge on any atom is -0.423 e. The van der Waals surface area contributed by atoms with Crippen LogP contribution in [0.25, 0.3) is 17.2 Å². The topological polar surface area (TPSA) is 26.3 Å². The molecule has 10 heteroatoms. The van der Waals surface area contributed by atoms with Crippen LogP contribution in [0.1, 0.15) is 79.8 Å². The molecule has 0 aliphatic heterocycles. The number of benzene rings is 3. The standard InChI is InChI=1S/C33H30F8O2/c1-3-4-18(2)19-5-7-20(8-6-19)21-9-10-24(26(34)13-21)22-14-29(37)31(30(38)15-22)32(42)43-23-16-27(35)25(28(36)17-23)11-12-33(39,40)41/h9-20H,3-8H2,1-2H3/b12-11+. The molecule has 1 aliphatic carbocycles. The van der Waals surface area contributed by atoms with Crippen molar-refractivity contribution in [2.75, 3.05) is 0 Å². The molecule has 2 nitrogen and oxygen atoms in total. The highest BCUT2D eigenvalue weighted by Crippen LogP contribution is 2.41. The SMILES string of the molecule is CCCC(C)C1CCC(c2ccc(-c3cc(F)c(C(=O)Oc4cc(F)c(/C=C/C(F)(F)F)c(F)c4)c(F)c3)c(F)c2)CC1. The number of alkyl halides is 3. The second-order valence-corrected chi connectivity index (χ2v) is 11.0. The summed E-state index contributed by atoms with van der Waals surface area (Å²) in [6, 6.07) is 6.81. The lowest BCUT2D eigenvalue weighted by molar-refractivity contribution is -0.0790. The molecule has 230 valence electrons. The zero-order valence-corrected chi connectivity index (χ0v) is 23.5. The molecular weight excluding hydrogens is 580 g/mol. The highest BCUT2D eigenvalue weighted by Gasteiger charge is 2.27. The van der Waals surface area contributed by atoms with Crippen LogP contribution in [-0.4, -0.2) is 12.1 Å². The van der Waals surface area contributed by atoms with E-state index >= 15 is 4.39 Å².